The molecule has 16 heavy (non-hydrogen) atoms. The number of anilines is 1. The second-order valence-corrected chi connectivity index (χ2v) is 4.91. The lowest BCUT2D eigenvalue weighted by Crippen LogP contribution is -2.18. The molecule has 0 atom stereocenters. The largest absolute Gasteiger partial charge is 0.396 e. The maximum absolute atomic E-state index is 8.66. The van der Waals surface area contributed by atoms with Crippen LogP contribution in [0.25, 0.3) is 0 Å². The molecule has 0 saturated heterocycles. The lowest BCUT2D eigenvalue weighted by molar-refractivity contribution is 0.271. The van der Waals surface area contributed by atoms with Gasteiger partial charge in [-0.3, -0.25) is 5.43 Å². The first-order chi connectivity index (χ1) is 7.76. The van der Waals surface area contributed by atoms with Crippen molar-refractivity contribution in [2.75, 3.05) is 25.6 Å². The van der Waals surface area contributed by atoms with Gasteiger partial charge in [-0.05, 0) is 32.9 Å². The van der Waals surface area contributed by atoms with Crippen molar-refractivity contribution < 1.29 is 5.11 Å². The highest BCUT2D eigenvalue weighted by Gasteiger charge is 2.04. The van der Waals surface area contributed by atoms with Gasteiger partial charge in [0.1, 0.15) is 0 Å². The molecule has 4 N–H and O–H groups in total. The minimum Gasteiger partial charge on any atom is -0.396 e. The molecule has 1 heterocycles. The van der Waals surface area contributed by atoms with Gasteiger partial charge < -0.3 is 10.0 Å². The normalized spacial score (nSPS) is 11.0. The number of rotatable bonds is 8. The molecule has 0 bridgehead atoms. The Morgan fingerprint density at radius 1 is 1.50 bits per heavy atom. The number of aromatic nitrogens is 1. The molecule has 1 rings (SSSR count). The van der Waals surface area contributed by atoms with E-state index in [0.717, 1.165) is 37.5 Å². The third-order valence-corrected chi connectivity index (χ3v) is 3.21. The number of thiazole rings is 1. The Balaban J connectivity index is 2.20. The number of nitrogens with two attached hydrogens (primary N) is 1. The number of aliphatic hydroxyl groups is 1. The van der Waals surface area contributed by atoms with Crippen LogP contribution in [0, 0.1) is 0 Å². The van der Waals surface area contributed by atoms with Gasteiger partial charge in [0.2, 0.25) is 0 Å². The van der Waals surface area contributed by atoms with Gasteiger partial charge in [-0.15, -0.1) is 0 Å². The zero-order valence-corrected chi connectivity index (χ0v) is 10.5. The van der Waals surface area contributed by atoms with Gasteiger partial charge >= 0.3 is 0 Å². The van der Waals surface area contributed by atoms with E-state index in [-0.39, 0.29) is 0 Å². The summed E-state index contributed by atoms with van der Waals surface area (Å²) in [5, 5.41) is 9.41. The van der Waals surface area contributed by atoms with Gasteiger partial charge in [-0.25, -0.2) is 10.8 Å². The summed E-state index contributed by atoms with van der Waals surface area (Å²) in [5.41, 5.74) is 2.54. The van der Waals surface area contributed by atoms with E-state index in [0.29, 0.717) is 6.61 Å². The summed E-state index contributed by atoms with van der Waals surface area (Å²) in [6.45, 7) is 2.24. The maximum atomic E-state index is 8.66. The predicted molar refractivity (Wildman–Crippen MR) is 67.2 cm³/mol. The van der Waals surface area contributed by atoms with E-state index in [4.69, 9.17) is 10.9 Å². The number of nitrogens with zero attached hydrogens (tertiary/aromatic N) is 2. The molecule has 0 saturated carbocycles. The van der Waals surface area contributed by atoms with E-state index in [1.807, 2.05) is 6.20 Å². The Morgan fingerprint density at radius 2 is 2.31 bits per heavy atom. The lowest BCUT2D eigenvalue weighted by Gasteiger charge is -2.14. The fraction of sp³-hybridized carbons (Fsp3) is 0.700. The van der Waals surface area contributed by atoms with E-state index in [1.165, 1.54) is 4.88 Å². The minimum atomic E-state index is 0.296. The van der Waals surface area contributed by atoms with Crippen molar-refractivity contribution in [2.45, 2.75) is 25.8 Å². The molecule has 0 aromatic carbocycles. The summed E-state index contributed by atoms with van der Waals surface area (Å²) in [7, 11) is 2.09. The fourth-order valence-corrected chi connectivity index (χ4v) is 2.27. The summed E-state index contributed by atoms with van der Waals surface area (Å²) in [6.07, 6.45) is 4.96. The summed E-state index contributed by atoms with van der Waals surface area (Å²) in [5.74, 6) is 5.27. The number of nitrogens with one attached hydrogen (secondary N) is 1. The smallest absolute Gasteiger partial charge is 0.197 e. The van der Waals surface area contributed by atoms with Crippen LogP contribution < -0.4 is 11.3 Å². The predicted octanol–water partition coefficient (Wildman–Crippen LogP) is 1.02. The molecular formula is C10H20N4OS. The average Bonchev–Trinajstić information content (AvgIpc) is 2.72. The highest BCUT2D eigenvalue weighted by Crippen LogP contribution is 2.18. The first kappa shape index (κ1) is 13.4. The van der Waals surface area contributed by atoms with Crippen molar-refractivity contribution in [3.05, 3.63) is 11.1 Å². The molecule has 0 radical (unpaired) electrons. The van der Waals surface area contributed by atoms with Gasteiger partial charge in [0.25, 0.3) is 0 Å². The molecule has 0 aliphatic heterocycles. The second-order valence-electron chi connectivity index (χ2n) is 3.80. The van der Waals surface area contributed by atoms with Crippen molar-refractivity contribution in [1.29, 1.82) is 0 Å². The summed E-state index contributed by atoms with van der Waals surface area (Å²) < 4.78 is 0. The van der Waals surface area contributed by atoms with Crippen LogP contribution in [0.15, 0.2) is 6.20 Å². The van der Waals surface area contributed by atoms with Gasteiger partial charge in [0.05, 0.1) is 0 Å². The highest BCUT2D eigenvalue weighted by atomic mass is 32.1. The third-order valence-electron chi connectivity index (χ3n) is 2.30. The van der Waals surface area contributed by atoms with Crippen molar-refractivity contribution in [3.8, 4) is 0 Å². The quantitative estimate of drug-likeness (QED) is 0.362. The Morgan fingerprint density at radius 3 is 2.94 bits per heavy atom. The molecule has 0 fully saturated rings. The van der Waals surface area contributed by atoms with Crippen LogP contribution in [0.1, 0.15) is 24.1 Å². The van der Waals surface area contributed by atoms with Crippen LogP contribution >= 0.6 is 11.3 Å². The van der Waals surface area contributed by atoms with Crippen molar-refractivity contribution in [3.63, 3.8) is 0 Å². The van der Waals surface area contributed by atoms with E-state index < -0.39 is 0 Å². The first-order valence-electron chi connectivity index (χ1n) is 5.47. The van der Waals surface area contributed by atoms with Crippen LogP contribution in [0.5, 0.6) is 0 Å². The van der Waals surface area contributed by atoms with Crippen LogP contribution in [-0.2, 0) is 6.54 Å². The topological polar surface area (TPSA) is 74.4 Å². The molecule has 6 heteroatoms. The highest BCUT2D eigenvalue weighted by molar-refractivity contribution is 7.15. The average molecular weight is 244 g/mol. The number of hydrogen-bond donors (Lipinski definition) is 3. The molecule has 0 aliphatic rings. The van der Waals surface area contributed by atoms with Gasteiger partial charge in [0.15, 0.2) is 5.13 Å². The Bertz CT molecular complexity index is 292. The van der Waals surface area contributed by atoms with E-state index in [2.05, 4.69) is 22.4 Å². The summed E-state index contributed by atoms with van der Waals surface area (Å²) in [4.78, 5) is 7.58. The number of aliphatic hydroxyl groups excluding tert-OH is 1. The molecule has 0 amide bonds. The van der Waals surface area contributed by atoms with E-state index in [1.54, 1.807) is 11.3 Å². The first-order valence-corrected chi connectivity index (χ1v) is 6.28. The van der Waals surface area contributed by atoms with Gasteiger partial charge in [-0.1, -0.05) is 11.3 Å². The van der Waals surface area contributed by atoms with E-state index >= 15 is 0 Å². The number of hydrogen-bond acceptors (Lipinski definition) is 6. The Labute approximate surface area is 100 Å². The molecule has 1 aromatic heterocycles. The van der Waals surface area contributed by atoms with Crippen LogP contribution in [0.2, 0.25) is 0 Å². The molecule has 5 nitrogen and oxygen atoms in total. The molecule has 0 unspecified atom stereocenters. The van der Waals surface area contributed by atoms with Crippen LogP contribution in [-0.4, -0.2) is 35.2 Å². The van der Waals surface area contributed by atoms with Crippen molar-refractivity contribution >= 4 is 16.5 Å². The second kappa shape index (κ2) is 7.56. The molecule has 0 spiro atoms. The number of nitrogen functional groups attached to an aromatic ring is 1. The van der Waals surface area contributed by atoms with Gasteiger partial charge in [0, 0.05) is 24.2 Å². The Kier molecular flexibility index (Phi) is 6.32. The molecular weight excluding hydrogens is 224 g/mol. The van der Waals surface area contributed by atoms with Crippen molar-refractivity contribution in [2.24, 2.45) is 5.84 Å². The van der Waals surface area contributed by atoms with Crippen LogP contribution in [0.3, 0.4) is 0 Å². The van der Waals surface area contributed by atoms with E-state index in [9.17, 15) is 0 Å². The SMILES string of the molecule is CN(CCCCCO)Cc1cnc(NN)s1. The number of hydrazine groups is 1. The Hall–Kier alpha value is -0.690. The standard InChI is InChI=1S/C10H20N4OS/c1-14(5-3-2-4-6-15)8-9-7-12-10(13-11)16-9/h7,15H,2-6,8,11H2,1H3,(H,12,13). The summed E-state index contributed by atoms with van der Waals surface area (Å²) in [6, 6.07) is 0. The molecule has 92 valence electrons. The third kappa shape index (κ3) is 4.89. The van der Waals surface area contributed by atoms with Crippen molar-refractivity contribution in [1.82, 2.24) is 9.88 Å². The fourth-order valence-electron chi connectivity index (χ4n) is 1.46. The monoisotopic (exact) mass is 244 g/mol. The maximum Gasteiger partial charge on any atom is 0.197 e. The van der Waals surface area contributed by atoms with Gasteiger partial charge in [-0.2, -0.15) is 0 Å². The molecule has 0 aliphatic carbocycles. The number of unbranched alkanes of at least 4 members (excludes halogenated alkanes) is 2. The zero-order valence-electron chi connectivity index (χ0n) is 9.65. The summed E-state index contributed by atoms with van der Waals surface area (Å²) >= 11 is 1.58. The molecule has 1 aromatic rings. The lowest BCUT2D eigenvalue weighted by atomic mass is 10.2. The van der Waals surface area contributed by atoms with Crippen LogP contribution in [0.4, 0.5) is 5.13 Å². The minimum absolute atomic E-state index is 0.296. The zero-order chi connectivity index (χ0) is 11.8.